The maximum atomic E-state index is 12.7. The lowest BCUT2D eigenvalue weighted by Crippen LogP contribution is -1.99. The highest BCUT2D eigenvalue weighted by Gasteiger charge is 2.07. The molecule has 0 heterocycles. The molecule has 4 rings (SSSR count). The van der Waals surface area contributed by atoms with Crippen LogP contribution in [0.15, 0.2) is 91.0 Å². The van der Waals surface area contributed by atoms with E-state index in [2.05, 4.69) is 6.07 Å². The Morgan fingerprint density at radius 3 is 2.47 bits per heavy atom. The number of fused-ring (bicyclic) bond motifs is 1. The second-order valence-corrected chi connectivity index (χ2v) is 7.26. The third kappa shape index (κ3) is 4.85. The van der Waals surface area contributed by atoms with E-state index in [4.69, 9.17) is 14.7 Å². The van der Waals surface area contributed by atoms with Gasteiger partial charge >= 0.3 is 0 Å². The van der Waals surface area contributed by atoms with Crippen LogP contribution in [0.5, 0.6) is 11.5 Å². The Morgan fingerprint density at radius 1 is 0.938 bits per heavy atom. The Kier molecular flexibility index (Phi) is 6.29. The topological polar surface area (TPSA) is 59.3 Å². The molecule has 0 spiro atoms. The summed E-state index contributed by atoms with van der Waals surface area (Å²) in [5.74, 6) is 1.32. The molecule has 4 aromatic carbocycles. The average Bonchev–Trinajstić information content (AvgIpc) is 2.86. The summed E-state index contributed by atoms with van der Waals surface area (Å²) in [5.41, 5.74) is 2.96. The Hall–Kier alpha value is -4.36. The van der Waals surface area contributed by atoms with Crippen LogP contribution in [-0.2, 0) is 6.61 Å². The minimum atomic E-state index is -0.0537. The number of nitriles is 1. The summed E-state index contributed by atoms with van der Waals surface area (Å²) in [6, 6.07) is 28.4. The van der Waals surface area contributed by atoms with Crippen LogP contribution >= 0.6 is 0 Å². The fourth-order valence-corrected chi connectivity index (χ4v) is 3.41. The van der Waals surface area contributed by atoms with Crippen molar-refractivity contribution in [1.82, 2.24) is 0 Å². The van der Waals surface area contributed by atoms with E-state index in [0.29, 0.717) is 29.2 Å². The molecule has 0 aromatic heterocycles. The van der Waals surface area contributed by atoms with Crippen molar-refractivity contribution in [1.29, 1.82) is 5.26 Å². The number of hydrogen-bond donors (Lipinski definition) is 0. The van der Waals surface area contributed by atoms with Crippen LogP contribution in [0.3, 0.4) is 0 Å². The average molecular weight is 419 g/mol. The minimum absolute atomic E-state index is 0.0537. The van der Waals surface area contributed by atoms with Crippen molar-refractivity contribution in [3.05, 3.63) is 113 Å². The van der Waals surface area contributed by atoms with Gasteiger partial charge in [-0.05, 0) is 64.9 Å². The highest BCUT2D eigenvalue weighted by Crippen LogP contribution is 2.23. The predicted octanol–water partition coefficient (Wildman–Crippen LogP) is 6.20. The van der Waals surface area contributed by atoms with E-state index in [-0.39, 0.29) is 5.78 Å². The molecule has 0 N–H and O–H groups in total. The number of rotatable bonds is 7. The highest BCUT2D eigenvalue weighted by atomic mass is 16.5. The second kappa shape index (κ2) is 9.63. The first-order valence-corrected chi connectivity index (χ1v) is 10.2. The normalized spacial score (nSPS) is 10.8. The van der Waals surface area contributed by atoms with E-state index < -0.39 is 0 Å². The summed E-state index contributed by atoms with van der Waals surface area (Å²) in [6.07, 6.45) is 3.37. The number of ketones is 1. The number of hydrogen-bond acceptors (Lipinski definition) is 4. The van der Waals surface area contributed by atoms with Crippen LogP contribution in [0.2, 0.25) is 0 Å². The fraction of sp³-hybridized carbons (Fsp3) is 0.0714. The van der Waals surface area contributed by atoms with Crippen molar-refractivity contribution in [2.45, 2.75) is 6.61 Å². The van der Waals surface area contributed by atoms with Crippen LogP contribution in [-0.4, -0.2) is 12.9 Å². The van der Waals surface area contributed by atoms with Gasteiger partial charge in [0.1, 0.15) is 18.1 Å². The molecule has 156 valence electrons. The lowest BCUT2D eigenvalue weighted by atomic mass is 10.0. The van der Waals surface area contributed by atoms with Gasteiger partial charge in [-0.15, -0.1) is 0 Å². The van der Waals surface area contributed by atoms with Crippen LogP contribution in [0.1, 0.15) is 27.0 Å². The molecule has 0 saturated heterocycles. The molecule has 4 aromatic rings. The van der Waals surface area contributed by atoms with Crippen molar-refractivity contribution in [2.75, 3.05) is 7.11 Å². The van der Waals surface area contributed by atoms with E-state index >= 15 is 0 Å². The van der Waals surface area contributed by atoms with Crippen molar-refractivity contribution in [3.8, 4) is 17.6 Å². The molecule has 0 aliphatic rings. The Bertz CT molecular complexity index is 1330. The zero-order chi connectivity index (χ0) is 22.3. The van der Waals surface area contributed by atoms with Crippen LogP contribution < -0.4 is 9.47 Å². The molecular formula is C28H21NO3. The van der Waals surface area contributed by atoms with Crippen LogP contribution in [0.25, 0.3) is 16.8 Å². The van der Waals surface area contributed by atoms with Gasteiger partial charge in [-0.2, -0.15) is 5.26 Å². The van der Waals surface area contributed by atoms with Gasteiger partial charge in [0.15, 0.2) is 5.78 Å². The fourth-order valence-electron chi connectivity index (χ4n) is 3.41. The first-order chi connectivity index (χ1) is 15.7. The summed E-state index contributed by atoms with van der Waals surface area (Å²) in [6.45, 7) is 0.301. The largest absolute Gasteiger partial charge is 0.496 e. The smallest absolute Gasteiger partial charge is 0.185 e. The van der Waals surface area contributed by atoms with Gasteiger partial charge in [0.2, 0.25) is 0 Å². The third-order valence-electron chi connectivity index (χ3n) is 5.14. The number of nitrogens with zero attached hydrogens (tertiary/aromatic N) is 1. The number of methoxy groups -OCH3 is 1. The summed E-state index contributed by atoms with van der Waals surface area (Å²) < 4.78 is 11.3. The Labute approximate surface area is 187 Å². The lowest BCUT2D eigenvalue weighted by Gasteiger charge is -2.11. The van der Waals surface area contributed by atoms with Gasteiger partial charge < -0.3 is 9.47 Å². The zero-order valence-corrected chi connectivity index (χ0v) is 17.6. The van der Waals surface area contributed by atoms with E-state index in [1.807, 2.05) is 60.7 Å². The van der Waals surface area contributed by atoms with Gasteiger partial charge in [0.25, 0.3) is 0 Å². The summed E-state index contributed by atoms with van der Waals surface area (Å²) >= 11 is 0. The van der Waals surface area contributed by atoms with Crippen molar-refractivity contribution >= 4 is 22.6 Å². The van der Waals surface area contributed by atoms with Gasteiger partial charge in [-0.1, -0.05) is 48.5 Å². The van der Waals surface area contributed by atoms with E-state index in [9.17, 15) is 4.79 Å². The molecule has 0 amide bonds. The quantitative estimate of drug-likeness (QED) is 0.264. The van der Waals surface area contributed by atoms with Gasteiger partial charge in [-0.25, -0.2) is 0 Å². The maximum absolute atomic E-state index is 12.7. The van der Waals surface area contributed by atoms with Crippen LogP contribution in [0, 0.1) is 11.3 Å². The zero-order valence-electron chi connectivity index (χ0n) is 17.6. The van der Waals surface area contributed by atoms with Gasteiger partial charge in [0.05, 0.1) is 18.7 Å². The van der Waals surface area contributed by atoms with Crippen molar-refractivity contribution in [2.24, 2.45) is 0 Å². The van der Waals surface area contributed by atoms with E-state index in [1.54, 1.807) is 43.5 Å². The first kappa shape index (κ1) is 20.9. The molecule has 4 nitrogen and oxygen atoms in total. The molecule has 0 aliphatic heterocycles. The van der Waals surface area contributed by atoms with Crippen molar-refractivity contribution in [3.63, 3.8) is 0 Å². The summed E-state index contributed by atoms with van der Waals surface area (Å²) in [7, 11) is 1.61. The third-order valence-corrected chi connectivity index (χ3v) is 5.14. The summed E-state index contributed by atoms with van der Waals surface area (Å²) in [4.78, 5) is 12.7. The molecular weight excluding hydrogens is 398 g/mol. The monoisotopic (exact) mass is 419 g/mol. The van der Waals surface area contributed by atoms with Gasteiger partial charge in [-0.3, -0.25) is 4.79 Å². The molecule has 0 unspecified atom stereocenters. The molecule has 32 heavy (non-hydrogen) atoms. The molecule has 0 saturated carbocycles. The maximum Gasteiger partial charge on any atom is 0.185 e. The Balaban J connectivity index is 1.49. The summed E-state index contributed by atoms with van der Waals surface area (Å²) in [5, 5.41) is 11.1. The first-order valence-electron chi connectivity index (χ1n) is 10.2. The molecule has 4 heteroatoms. The lowest BCUT2D eigenvalue weighted by molar-refractivity contribution is 0.104. The van der Waals surface area contributed by atoms with Gasteiger partial charge in [0, 0.05) is 11.1 Å². The molecule has 0 radical (unpaired) electrons. The predicted molar refractivity (Wildman–Crippen MR) is 126 cm³/mol. The second-order valence-electron chi connectivity index (χ2n) is 7.26. The number of ether oxygens (including phenoxy) is 2. The highest BCUT2D eigenvalue weighted by molar-refractivity contribution is 6.08. The SMILES string of the molecule is COc1ccc(/C=C/C(=O)c2ccc3ccccc3c2)cc1COc1ccc(C#N)cc1. The van der Waals surface area contributed by atoms with E-state index in [0.717, 1.165) is 21.9 Å². The molecule has 0 aliphatic carbocycles. The molecule has 0 fully saturated rings. The standard InChI is InChI=1S/C28H21NO3/c1-31-28-15-9-20(16-25(28)19-32-26-12-6-21(18-29)7-13-26)8-14-27(30)24-11-10-22-4-2-3-5-23(22)17-24/h2-17H,19H2,1H3/b14-8+. The number of carbonyl (C=O) groups excluding carboxylic acids is 1. The molecule has 0 atom stereocenters. The Morgan fingerprint density at radius 2 is 1.72 bits per heavy atom. The van der Waals surface area contributed by atoms with Crippen molar-refractivity contribution < 1.29 is 14.3 Å². The number of benzene rings is 4. The molecule has 0 bridgehead atoms. The van der Waals surface area contributed by atoms with Crippen LogP contribution in [0.4, 0.5) is 0 Å². The van der Waals surface area contributed by atoms with E-state index in [1.165, 1.54) is 0 Å². The number of carbonyl (C=O) groups is 1. The number of allylic oxidation sites excluding steroid dienone is 1. The minimum Gasteiger partial charge on any atom is -0.496 e.